The van der Waals surface area contributed by atoms with Crippen LogP contribution in [0.1, 0.15) is 77.6 Å². The van der Waals surface area contributed by atoms with E-state index < -0.39 is 0 Å². The quantitative estimate of drug-likeness (QED) is 0.404. The zero-order valence-electron chi connectivity index (χ0n) is 22.2. The number of nitrogens with zero attached hydrogens (tertiary/aromatic N) is 2. The van der Waals surface area contributed by atoms with Crippen LogP contribution in [0.25, 0.3) is 0 Å². The average Bonchev–Trinajstić information content (AvgIpc) is 3.05. The van der Waals surface area contributed by atoms with Crippen molar-refractivity contribution < 1.29 is 4.74 Å². The zero-order chi connectivity index (χ0) is 24.7. The van der Waals surface area contributed by atoms with Crippen LogP contribution in [0.2, 0.25) is 0 Å². The molecule has 3 nitrogen and oxygen atoms in total. The molecule has 3 aromatic carbocycles. The van der Waals surface area contributed by atoms with Crippen LogP contribution in [0.3, 0.4) is 0 Å². The first-order valence-electron chi connectivity index (χ1n) is 12.4. The third-order valence-electron chi connectivity index (χ3n) is 8.39. The summed E-state index contributed by atoms with van der Waals surface area (Å²) < 4.78 is 6.29. The van der Waals surface area contributed by atoms with Crippen LogP contribution < -0.4 is 14.5 Å². The molecule has 3 heteroatoms. The summed E-state index contributed by atoms with van der Waals surface area (Å²) in [6, 6.07) is 24.3. The number of benzene rings is 3. The molecule has 0 fully saturated rings. The Morgan fingerprint density at radius 3 is 1.03 bits per heavy atom. The Bertz CT molecular complexity index is 1100. The molecular weight excluding hydrogens is 416 g/mol. The third kappa shape index (κ3) is 2.76. The van der Waals surface area contributed by atoms with Crippen molar-refractivity contribution in [1.29, 1.82) is 0 Å². The maximum Gasteiger partial charge on any atom is 0.165 e. The van der Waals surface area contributed by atoms with Crippen LogP contribution in [-0.4, -0.2) is 7.11 Å². The van der Waals surface area contributed by atoms with Crippen LogP contribution in [0.5, 0.6) is 5.75 Å². The molecule has 0 amide bonds. The first kappa shape index (κ1) is 22.8. The topological polar surface area (TPSA) is 15.7 Å². The predicted molar refractivity (Wildman–Crippen MR) is 143 cm³/mol. The summed E-state index contributed by atoms with van der Waals surface area (Å²) in [7, 11) is 1.81. The van der Waals surface area contributed by atoms with Gasteiger partial charge in [-0.1, -0.05) is 54.6 Å². The van der Waals surface area contributed by atoms with E-state index in [9.17, 15) is 0 Å². The Morgan fingerprint density at radius 2 is 0.765 bits per heavy atom. The molecule has 2 aliphatic heterocycles. The first-order chi connectivity index (χ1) is 15.9. The van der Waals surface area contributed by atoms with E-state index in [4.69, 9.17) is 4.74 Å². The lowest BCUT2D eigenvalue weighted by Crippen LogP contribution is -2.47. The molecule has 0 aromatic heterocycles. The van der Waals surface area contributed by atoms with E-state index in [1.165, 1.54) is 22.3 Å². The molecule has 2 aliphatic rings. The number of hydrogen-bond donors (Lipinski definition) is 0. The highest BCUT2D eigenvalue weighted by molar-refractivity contribution is 5.79. The summed E-state index contributed by atoms with van der Waals surface area (Å²) >= 11 is 0. The lowest BCUT2D eigenvalue weighted by molar-refractivity contribution is 0.364. The standard InChI is InChI=1S/C31H38N2O/c1-28(2)21-15-10-11-16-22(21)29(3,4)32(28)25-19-14-20-26(27(25)34-9)33-30(5,6)23-17-12-13-18-24(23)31(33,7)8/h10-20H,1-9H3. The molecule has 0 aliphatic carbocycles. The fourth-order valence-corrected chi connectivity index (χ4v) is 7.26. The van der Waals surface area contributed by atoms with Gasteiger partial charge in [0.1, 0.15) is 0 Å². The molecule has 0 radical (unpaired) electrons. The Morgan fingerprint density at radius 1 is 0.471 bits per heavy atom. The van der Waals surface area contributed by atoms with E-state index in [0.29, 0.717) is 0 Å². The summed E-state index contributed by atoms with van der Waals surface area (Å²) in [6.07, 6.45) is 0. The molecule has 0 atom stereocenters. The maximum absolute atomic E-state index is 6.29. The van der Waals surface area contributed by atoms with E-state index >= 15 is 0 Å². The van der Waals surface area contributed by atoms with Crippen LogP contribution in [0.15, 0.2) is 66.7 Å². The van der Waals surface area contributed by atoms with Crippen molar-refractivity contribution in [2.24, 2.45) is 0 Å². The lowest BCUT2D eigenvalue weighted by Gasteiger charge is -2.47. The number of para-hydroxylation sites is 1. The van der Waals surface area contributed by atoms with Gasteiger partial charge in [-0.2, -0.15) is 0 Å². The van der Waals surface area contributed by atoms with E-state index in [1.807, 2.05) is 7.11 Å². The number of fused-ring (bicyclic) bond motifs is 2. The highest BCUT2D eigenvalue weighted by Gasteiger charge is 2.52. The maximum atomic E-state index is 6.29. The van der Waals surface area contributed by atoms with Crippen molar-refractivity contribution in [2.45, 2.75) is 77.5 Å². The van der Waals surface area contributed by atoms with Gasteiger partial charge >= 0.3 is 0 Å². The van der Waals surface area contributed by atoms with Crippen molar-refractivity contribution in [1.82, 2.24) is 0 Å². The molecule has 3 aromatic rings. The van der Waals surface area contributed by atoms with E-state index in [-0.39, 0.29) is 22.2 Å². The minimum atomic E-state index is -0.176. The second-order valence-electron chi connectivity index (χ2n) is 11.8. The molecule has 0 spiro atoms. The Balaban J connectivity index is 1.73. The Labute approximate surface area is 205 Å². The highest BCUT2D eigenvalue weighted by atomic mass is 16.5. The molecule has 0 unspecified atom stereocenters. The zero-order valence-corrected chi connectivity index (χ0v) is 22.2. The van der Waals surface area contributed by atoms with E-state index in [0.717, 1.165) is 17.1 Å². The minimum Gasteiger partial charge on any atom is -0.492 e. The summed E-state index contributed by atoms with van der Waals surface area (Å²) in [6.45, 7) is 18.6. The summed E-state index contributed by atoms with van der Waals surface area (Å²) in [5.41, 5.74) is 7.07. The number of ether oxygens (including phenoxy) is 1. The van der Waals surface area contributed by atoms with Crippen molar-refractivity contribution in [3.63, 3.8) is 0 Å². The van der Waals surface area contributed by atoms with E-state index in [2.05, 4.69) is 132 Å². The van der Waals surface area contributed by atoms with Crippen molar-refractivity contribution >= 4 is 11.4 Å². The number of methoxy groups -OCH3 is 1. The summed E-state index contributed by atoms with van der Waals surface area (Å²) in [5.74, 6) is 0.936. The molecule has 2 heterocycles. The molecule has 178 valence electrons. The van der Waals surface area contributed by atoms with Crippen LogP contribution >= 0.6 is 0 Å². The molecule has 34 heavy (non-hydrogen) atoms. The monoisotopic (exact) mass is 454 g/mol. The largest absolute Gasteiger partial charge is 0.492 e. The molecule has 0 saturated heterocycles. The number of anilines is 2. The predicted octanol–water partition coefficient (Wildman–Crippen LogP) is 7.68. The van der Waals surface area contributed by atoms with Crippen LogP contribution in [-0.2, 0) is 22.2 Å². The van der Waals surface area contributed by atoms with Crippen molar-refractivity contribution in [3.8, 4) is 5.75 Å². The van der Waals surface area contributed by atoms with Crippen LogP contribution in [0, 0.1) is 0 Å². The van der Waals surface area contributed by atoms with Gasteiger partial charge in [-0.3, -0.25) is 0 Å². The van der Waals surface area contributed by atoms with Gasteiger partial charge in [-0.25, -0.2) is 0 Å². The molecule has 0 saturated carbocycles. The summed E-state index contributed by atoms with van der Waals surface area (Å²) in [5, 5.41) is 0. The van der Waals surface area contributed by atoms with Gasteiger partial charge in [0.25, 0.3) is 0 Å². The fourth-order valence-electron chi connectivity index (χ4n) is 7.26. The first-order valence-corrected chi connectivity index (χ1v) is 12.4. The number of hydrogen-bond acceptors (Lipinski definition) is 3. The van der Waals surface area contributed by atoms with Crippen LogP contribution in [0.4, 0.5) is 11.4 Å². The Kier molecular flexibility index (Phi) is 4.73. The minimum absolute atomic E-state index is 0.176. The van der Waals surface area contributed by atoms with E-state index in [1.54, 1.807) is 0 Å². The fraction of sp³-hybridized carbons (Fsp3) is 0.419. The molecular formula is C31H38N2O. The normalized spacial score (nSPS) is 20.7. The second kappa shape index (κ2) is 7.04. The van der Waals surface area contributed by atoms with Gasteiger partial charge in [0.15, 0.2) is 5.75 Å². The molecule has 5 rings (SSSR count). The van der Waals surface area contributed by atoms with Gasteiger partial charge in [0.2, 0.25) is 0 Å². The van der Waals surface area contributed by atoms with Gasteiger partial charge in [0.05, 0.1) is 40.6 Å². The average molecular weight is 455 g/mol. The van der Waals surface area contributed by atoms with Crippen molar-refractivity contribution in [2.75, 3.05) is 16.9 Å². The number of rotatable bonds is 3. The lowest BCUT2D eigenvalue weighted by atomic mass is 9.91. The van der Waals surface area contributed by atoms with Gasteiger partial charge < -0.3 is 14.5 Å². The Hall–Kier alpha value is -2.94. The molecule has 0 N–H and O–H groups in total. The van der Waals surface area contributed by atoms with Gasteiger partial charge in [0, 0.05) is 0 Å². The smallest absolute Gasteiger partial charge is 0.165 e. The second-order valence-corrected chi connectivity index (χ2v) is 11.8. The molecule has 0 bridgehead atoms. The SMILES string of the molecule is COc1c(N2C(C)(C)c3ccccc3C2(C)C)cccc1N1C(C)(C)c2ccccc2C1(C)C. The van der Waals surface area contributed by atoms with Gasteiger partial charge in [-0.15, -0.1) is 0 Å². The highest BCUT2D eigenvalue weighted by Crippen LogP contribution is 2.58. The summed E-state index contributed by atoms with van der Waals surface area (Å²) in [4.78, 5) is 5.10. The van der Waals surface area contributed by atoms with Crippen molar-refractivity contribution in [3.05, 3.63) is 89.0 Å². The van der Waals surface area contributed by atoms with Gasteiger partial charge in [-0.05, 0) is 89.8 Å². The third-order valence-corrected chi connectivity index (χ3v) is 8.39.